The zero-order valence-corrected chi connectivity index (χ0v) is 17.8. The van der Waals surface area contributed by atoms with Crippen molar-refractivity contribution in [1.29, 1.82) is 0 Å². The molecular weight excluding hydrogens is 366 g/mol. The van der Waals surface area contributed by atoms with Crippen LogP contribution < -0.4 is 5.32 Å². The van der Waals surface area contributed by atoms with Crippen LogP contribution in [0.2, 0.25) is 0 Å². The highest BCUT2D eigenvalue weighted by molar-refractivity contribution is 6.05. The number of rotatable bonds is 3. The number of hydrogen-bond donors (Lipinski definition) is 1. The monoisotopic (exact) mass is 393 g/mol. The van der Waals surface area contributed by atoms with E-state index in [-0.39, 0.29) is 5.41 Å². The molecule has 0 bridgehead atoms. The van der Waals surface area contributed by atoms with Crippen molar-refractivity contribution >= 4 is 33.2 Å². The Balaban J connectivity index is 1.58. The molecule has 0 spiro atoms. The van der Waals surface area contributed by atoms with Gasteiger partial charge >= 0.3 is 0 Å². The third-order valence-corrected chi connectivity index (χ3v) is 6.01. The predicted molar refractivity (Wildman–Crippen MR) is 127 cm³/mol. The molecule has 0 aliphatic heterocycles. The number of benzene rings is 3. The lowest BCUT2D eigenvalue weighted by molar-refractivity contribution is 0.480. The van der Waals surface area contributed by atoms with Crippen LogP contribution in [-0.4, -0.2) is 0 Å². The van der Waals surface area contributed by atoms with Gasteiger partial charge in [0.2, 0.25) is 0 Å². The third-order valence-electron chi connectivity index (χ3n) is 6.01. The van der Waals surface area contributed by atoms with Crippen LogP contribution in [0.1, 0.15) is 39.2 Å². The number of nitrogens with one attached hydrogen (secondary N) is 1. The predicted octanol–water partition coefficient (Wildman–Crippen LogP) is 8.18. The normalized spacial score (nSPS) is 15.0. The van der Waals surface area contributed by atoms with Gasteiger partial charge in [-0.15, -0.1) is 0 Å². The molecule has 1 aliphatic rings. The van der Waals surface area contributed by atoms with Gasteiger partial charge in [0.25, 0.3) is 0 Å². The second kappa shape index (κ2) is 7.21. The van der Waals surface area contributed by atoms with E-state index in [1.807, 2.05) is 12.1 Å². The second-order valence-corrected chi connectivity index (χ2v) is 9.11. The van der Waals surface area contributed by atoms with Crippen molar-refractivity contribution in [2.24, 2.45) is 5.41 Å². The van der Waals surface area contributed by atoms with Crippen molar-refractivity contribution in [3.8, 4) is 0 Å². The summed E-state index contributed by atoms with van der Waals surface area (Å²) in [6.07, 6.45) is 4.47. The summed E-state index contributed by atoms with van der Waals surface area (Å²) in [7, 11) is 0. The summed E-state index contributed by atoms with van der Waals surface area (Å²) in [5.41, 5.74) is 8.41. The van der Waals surface area contributed by atoms with Gasteiger partial charge in [0.15, 0.2) is 0 Å². The van der Waals surface area contributed by atoms with Crippen LogP contribution in [0.4, 0.5) is 5.69 Å². The molecule has 1 aromatic heterocycles. The van der Waals surface area contributed by atoms with Crippen molar-refractivity contribution in [2.75, 3.05) is 5.32 Å². The van der Waals surface area contributed by atoms with Gasteiger partial charge in [-0.05, 0) is 42.0 Å². The SMILES string of the molecule is CC(C)(C)C1=CC(c2ccccc2)=C(Nc2ccc3c(c2)oc2ccccc23)CC1. The smallest absolute Gasteiger partial charge is 0.137 e. The molecule has 0 unspecified atom stereocenters. The van der Waals surface area contributed by atoms with E-state index in [1.165, 1.54) is 27.8 Å². The van der Waals surface area contributed by atoms with Gasteiger partial charge in [0.05, 0.1) is 0 Å². The minimum absolute atomic E-state index is 0.179. The average molecular weight is 394 g/mol. The van der Waals surface area contributed by atoms with Gasteiger partial charge in [-0.2, -0.15) is 0 Å². The van der Waals surface area contributed by atoms with Crippen molar-refractivity contribution in [3.05, 3.63) is 95.7 Å². The van der Waals surface area contributed by atoms with Crippen LogP contribution in [0.3, 0.4) is 0 Å². The van der Waals surface area contributed by atoms with Crippen molar-refractivity contribution in [2.45, 2.75) is 33.6 Å². The Bertz CT molecular complexity index is 1280. The number of allylic oxidation sites excluding steroid dienone is 4. The first-order valence-electron chi connectivity index (χ1n) is 10.7. The maximum atomic E-state index is 6.09. The summed E-state index contributed by atoms with van der Waals surface area (Å²) in [6, 6.07) is 25.3. The van der Waals surface area contributed by atoms with Crippen molar-refractivity contribution < 1.29 is 4.42 Å². The third kappa shape index (κ3) is 3.43. The van der Waals surface area contributed by atoms with E-state index in [2.05, 4.69) is 92.8 Å². The summed E-state index contributed by atoms with van der Waals surface area (Å²) in [5, 5.41) is 6.04. The molecule has 1 aliphatic carbocycles. The van der Waals surface area contributed by atoms with E-state index in [4.69, 9.17) is 4.42 Å². The van der Waals surface area contributed by atoms with Gasteiger partial charge in [-0.3, -0.25) is 0 Å². The molecule has 0 atom stereocenters. The average Bonchev–Trinajstić information content (AvgIpc) is 3.11. The van der Waals surface area contributed by atoms with E-state index < -0.39 is 0 Å². The summed E-state index contributed by atoms with van der Waals surface area (Å²) in [4.78, 5) is 0. The first kappa shape index (κ1) is 18.7. The quantitative estimate of drug-likeness (QED) is 0.380. The number of furan rings is 1. The van der Waals surface area contributed by atoms with Crippen LogP contribution in [0.25, 0.3) is 27.5 Å². The molecular formula is C28H27NO. The molecule has 30 heavy (non-hydrogen) atoms. The fourth-order valence-corrected chi connectivity index (χ4v) is 4.30. The summed E-state index contributed by atoms with van der Waals surface area (Å²) >= 11 is 0. The molecule has 0 radical (unpaired) electrons. The van der Waals surface area contributed by atoms with Gasteiger partial charge in [0.1, 0.15) is 11.2 Å². The number of fused-ring (bicyclic) bond motifs is 3. The number of anilines is 1. The minimum Gasteiger partial charge on any atom is -0.456 e. The number of hydrogen-bond acceptors (Lipinski definition) is 2. The molecule has 0 saturated heterocycles. The van der Waals surface area contributed by atoms with E-state index in [0.29, 0.717) is 0 Å². The van der Waals surface area contributed by atoms with Gasteiger partial charge < -0.3 is 9.73 Å². The largest absolute Gasteiger partial charge is 0.456 e. The van der Waals surface area contributed by atoms with E-state index in [0.717, 1.165) is 35.1 Å². The standard InChI is InChI=1S/C28H27NO/c1-28(2,3)20-13-16-25(24(17-20)19-9-5-4-6-10-19)29-21-14-15-23-22-11-7-8-12-26(22)30-27(23)18-21/h4-12,14-15,17-18,29H,13,16H2,1-3H3. The Labute approximate surface area is 177 Å². The Kier molecular flexibility index (Phi) is 4.51. The lowest BCUT2D eigenvalue weighted by atomic mass is 9.78. The maximum Gasteiger partial charge on any atom is 0.137 e. The molecule has 3 aromatic carbocycles. The van der Waals surface area contributed by atoms with Gasteiger partial charge in [-0.1, -0.05) is 81.0 Å². The molecule has 5 rings (SSSR count). The highest BCUT2D eigenvalue weighted by Crippen LogP contribution is 2.39. The van der Waals surface area contributed by atoms with Crippen LogP contribution in [-0.2, 0) is 0 Å². The maximum absolute atomic E-state index is 6.09. The fraction of sp³-hybridized carbons (Fsp3) is 0.214. The lowest BCUT2D eigenvalue weighted by Gasteiger charge is -2.29. The summed E-state index contributed by atoms with van der Waals surface area (Å²) < 4.78 is 6.09. The molecule has 0 amide bonds. The zero-order chi connectivity index (χ0) is 20.7. The Morgan fingerprint density at radius 1 is 0.767 bits per heavy atom. The minimum atomic E-state index is 0.179. The Hall–Kier alpha value is -3.26. The molecule has 0 saturated carbocycles. The van der Waals surface area contributed by atoms with Gasteiger partial charge in [0, 0.05) is 33.8 Å². The topological polar surface area (TPSA) is 25.2 Å². The fourth-order valence-electron chi connectivity index (χ4n) is 4.30. The lowest BCUT2D eigenvalue weighted by Crippen LogP contribution is -2.15. The highest BCUT2D eigenvalue weighted by Gasteiger charge is 2.23. The van der Waals surface area contributed by atoms with Crippen LogP contribution in [0, 0.1) is 5.41 Å². The van der Waals surface area contributed by atoms with Crippen molar-refractivity contribution in [3.63, 3.8) is 0 Å². The molecule has 1 N–H and O–H groups in total. The van der Waals surface area contributed by atoms with E-state index in [1.54, 1.807) is 0 Å². The summed E-state index contributed by atoms with van der Waals surface area (Å²) in [5.74, 6) is 0. The van der Waals surface area contributed by atoms with Gasteiger partial charge in [-0.25, -0.2) is 0 Å². The Morgan fingerprint density at radius 3 is 2.30 bits per heavy atom. The van der Waals surface area contributed by atoms with Crippen molar-refractivity contribution in [1.82, 2.24) is 0 Å². The highest BCUT2D eigenvalue weighted by atomic mass is 16.3. The second-order valence-electron chi connectivity index (χ2n) is 9.11. The molecule has 150 valence electrons. The van der Waals surface area contributed by atoms with E-state index >= 15 is 0 Å². The van der Waals surface area contributed by atoms with Crippen LogP contribution in [0.5, 0.6) is 0 Å². The van der Waals surface area contributed by atoms with Crippen LogP contribution >= 0.6 is 0 Å². The molecule has 0 fully saturated rings. The molecule has 1 heterocycles. The number of para-hydroxylation sites is 1. The molecule has 2 nitrogen and oxygen atoms in total. The Morgan fingerprint density at radius 2 is 1.50 bits per heavy atom. The molecule has 4 aromatic rings. The summed E-state index contributed by atoms with van der Waals surface area (Å²) in [6.45, 7) is 6.90. The zero-order valence-electron chi connectivity index (χ0n) is 17.8. The molecule has 2 heteroatoms. The first-order valence-corrected chi connectivity index (χ1v) is 10.7. The first-order chi connectivity index (χ1) is 14.5. The van der Waals surface area contributed by atoms with E-state index in [9.17, 15) is 0 Å². The van der Waals surface area contributed by atoms with Crippen LogP contribution in [0.15, 0.2) is 94.6 Å².